The molecule has 0 radical (unpaired) electrons. The smallest absolute Gasteiger partial charge is 0.404 e. The summed E-state index contributed by atoms with van der Waals surface area (Å²) in [4.78, 5) is 24.2. The molecule has 0 unspecified atom stereocenters. The van der Waals surface area contributed by atoms with Gasteiger partial charge in [-0.1, -0.05) is 18.2 Å². The summed E-state index contributed by atoms with van der Waals surface area (Å²) >= 11 is 0. The van der Waals surface area contributed by atoms with Crippen LogP contribution in [0, 0.1) is 6.92 Å². The van der Waals surface area contributed by atoms with Gasteiger partial charge in [-0.25, -0.2) is 4.79 Å². The number of amides is 1. The third kappa shape index (κ3) is 3.01. The third-order valence-electron chi connectivity index (χ3n) is 5.54. The van der Waals surface area contributed by atoms with E-state index in [-0.39, 0.29) is 17.9 Å². The highest BCUT2D eigenvalue weighted by molar-refractivity contribution is 5.90. The minimum atomic E-state index is -1.05. The van der Waals surface area contributed by atoms with Crippen LogP contribution in [0.25, 0.3) is 0 Å². The number of carbonyl (C=O) groups is 2. The van der Waals surface area contributed by atoms with Crippen molar-refractivity contribution in [3.8, 4) is 0 Å². The Morgan fingerprint density at radius 2 is 2.19 bits per heavy atom. The van der Waals surface area contributed by atoms with Crippen LogP contribution in [-0.4, -0.2) is 39.5 Å². The summed E-state index contributed by atoms with van der Waals surface area (Å²) in [7, 11) is 0. The third-order valence-corrected chi connectivity index (χ3v) is 5.54. The van der Waals surface area contributed by atoms with Crippen LogP contribution in [0.15, 0.2) is 18.2 Å². The number of benzene rings is 1. The minimum Gasteiger partial charge on any atom is -0.465 e. The van der Waals surface area contributed by atoms with Crippen LogP contribution < -0.4 is 16.4 Å². The second-order valence-corrected chi connectivity index (χ2v) is 7.26. The molecule has 27 heavy (non-hydrogen) atoms. The Morgan fingerprint density at radius 1 is 1.37 bits per heavy atom. The monoisotopic (exact) mass is 369 g/mol. The van der Waals surface area contributed by atoms with E-state index in [9.17, 15) is 9.59 Å². The van der Waals surface area contributed by atoms with Gasteiger partial charge < -0.3 is 21.5 Å². The van der Waals surface area contributed by atoms with E-state index in [1.165, 1.54) is 4.68 Å². The number of anilines is 2. The standard InChI is InChI=1S/C19H23N5O3/c1-10-3-2-4-12-13(7-8-21-16(10)12)18(25)24-17(20)14-9-11(22-19(26)27)5-6-15(14)23-24/h2-4,11,13,21-22H,5-9,20H2,1H3,(H,26,27)/t11-,13-/m0/s1. The number of aryl methyl sites for hydroxylation is 2. The summed E-state index contributed by atoms with van der Waals surface area (Å²) in [5.41, 5.74) is 10.9. The van der Waals surface area contributed by atoms with E-state index in [1.807, 2.05) is 25.1 Å². The SMILES string of the molecule is Cc1cccc2c1NCC[C@@H]2C(=O)n1nc2c(c1N)C[C@@H](NC(=O)O)CC2. The summed E-state index contributed by atoms with van der Waals surface area (Å²) in [6.07, 6.45) is 1.35. The van der Waals surface area contributed by atoms with Crippen LogP contribution in [0.1, 0.15) is 45.9 Å². The Balaban J connectivity index is 1.65. The average Bonchev–Trinajstić information content (AvgIpc) is 2.97. The highest BCUT2D eigenvalue weighted by Crippen LogP contribution is 2.36. The van der Waals surface area contributed by atoms with E-state index < -0.39 is 6.09 Å². The first kappa shape index (κ1) is 17.4. The molecule has 5 N–H and O–H groups in total. The van der Waals surface area contributed by atoms with Gasteiger partial charge in [-0.05, 0) is 43.7 Å². The number of carbonyl (C=O) groups excluding carboxylic acids is 1. The van der Waals surface area contributed by atoms with Gasteiger partial charge in [0.25, 0.3) is 5.91 Å². The predicted octanol–water partition coefficient (Wildman–Crippen LogP) is 2.14. The molecule has 2 aliphatic rings. The number of rotatable bonds is 2. The summed E-state index contributed by atoms with van der Waals surface area (Å²) < 4.78 is 1.33. The first-order valence-corrected chi connectivity index (χ1v) is 9.19. The zero-order valence-electron chi connectivity index (χ0n) is 15.2. The summed E-state index contributed by atoms with van der Waals surface area (Å²) in [6.45, 7) is 2.75. The lowest BCUT2D eigenvalue weighted by Crippen LogP contribution is -2.37. The molecule has 1 aromatic heterocycles. The molecule has 2 atom stereocenters. The molecule has 0 saturated heterocycles. The molecule has 0 fully saturated rings. The topological polar surface area (TPSA) is 122 Å². The summed E-state index contributed by atoms with van der Waals surface area (Å²) in [5, 5.41) is 19.3. The quantitative estimate of drug-likeness (QED) is 0.643. The van der Waals surface area contributed by atoms with Crippen LogP contribution in [0.3, 0.4) is 0 Å². The van der Waals surface area contributed by atoms with Gasteiger partial charge >= 0.3 is 6.09 Å². The van der Waals surface area contributed by atoms with Crippen molar-refractivity contribution >= 4 is 23.5 Å². The van der Waals surface area contributed by atoms with Gasteiger partial charge in [0.15, 0.2) is 0 Å². The molecular formula is C19H23N5O3. The highest BCUT2D eigenvalue weighted by Gasteiger charge is 2.33. The van der Waals surface area contributed by atoms with E-state index in [2.05, 4.69) is 15.7 Å². The van der Waals surface area contributed by atoms with Gasteiger partial charge in [-0.2, -0.15) is 9.78 Å². The van der Waals surface area contributed by atoms with Gasteiger partial charge in [0.05, 0.1) is 11.6 Å². The van der Waals surface area contributed by atoms with Gasteiger partial charge in [0.1, 0.15) is 5.82 Å². The first-order chi connectivity index (χ1) is 13.0. The molecule has 8 nitrogen and oxygen atoms in total. The molecule has 0 bridgehead atoms. The number of hydrogen-bond donors (Lipinski definition) is 4. The van der Waals surface area contributed by atoms with Crippen molar-refractivity contribution in [1.29, 1.82) is 0 Å². The van der Waals surface area contributed by atoms with Crippen molar-refractivity contribution in [3.63, 3.8) is 0 Å². The zero-order chi connectivity index (χ0) is 19.1. The van der Waals surface area contributed by atoms with Crippen molar-refractivity contribution in [3.05, 3.63) is 40.6 Å². The van der Waals surface area contributed by atoms with Crippen LogP contribution in [0.5, 0.6) is 0 Å². The fourth-order valence-corrected chi connectivity index (χ4v) is 4.18. The highest BCUT2D eigenvalue weighted by atomic mass is 16.4. The number of carboxylic acid groups (broad SMARTS) is 1. The molecule has 1 aliphatic carbocycles. The molecule has 1 aliphatic heterocycles. The van der Waals surface area contributed by atoms with Crippen molar-refractivity contribution in [2.75, 3.05) is 17.6 Å². The maximum absolute atomic E-state index is 13.3. The molecule has 1 aromatic carbocycles. The number of nitrogen functional groups attached to an aromatic ring is 1. The van der Waals surface area contributed by atoms with Crippen LogP contribution >= 0.6 is 0 Å². The summed E-state index contributed by atoms with van der Waals surface area (Å²) in [5.74, 6) is -0.0876. The van der Waals surface area contributed by atoms with E-state index in [4.69, 9.17) is 10.8 Å². The molecule has 4 rings (SSSR count). The number of aromatic nitrogens is 2. The fraction of sp³-hybridized carbons (Fsp3) is 0.421. The first-order valence-electron chi connectivity index (χ1n) is 9.19. The maximum Gasteiger partial charge on any atom is 0.404 e. The van der Waals surface area contributed by atoms with Crippen molar-refractivity contribution in [1.82, 2.24) is 15.1 Å². The van der Waals surface area contributed by atoms with Gasteiger partial charge in [0, 0.05) is 23.8 Å². The number of nitrogens with one attached hydrogen (secondary N) is 2. The molecular weight excluding hydrogens is 346 g/mol. The zero-order valence-corrected chi connectivity index (χ0v) is 15.2. The average molecular weight is 369 g/mol. The molecule has 0 saturated carbocycles. The molecule has 0 spiro atoms. The molecule has 2 heterocycles. The van der Waals surface area contributed by atoms with E-state index in [0.717, 1.165) is 34.6 Å². The molecule has 2 aromatic rings. The number of nitrogens with two attached hydrogens (primary N) is 1. The second-order valence-electron chi connectivity index (χ2n) is 7.26. The van der Waals surface area contributed by atoms with Crippen LogP contribution in [-0.2, 0) is 12.8 Å². The number of hydrogen-bond acceptors (Lipinski definition) is 5. The van der Waals surface area contributed by atoms with E-state index in [1.54, 1.807) is 0 Å². The van der Waals surface area contributed by atoms with Gasteiger partial charge in [-0.15, -0.1) is 0 Å². The number of nitrogens with zero attached hydrogens (tertiary/aromatic N) is 2. The molecule has 8 heteroatoms. The van der Waals surface area contributed by atoms with Gasteiger partial charge in [0.2, 0.25) is 0 Å². The Labute approximate surface area is 156 Å². The normalized spacial score (nSPS) is 20.9. The molecule has 142 valence electrons. The Kier molecular flexibility index (Phi) is 4.25. The Morgan fingerprint density at radius 3 is 2.96 bits per heavy atom. The van der Waals surface area contributed by atoms with Crippen LogP contribution in [0.4, 0.5) is 16.3 Å². The number of para-hydroxylation sites is 1. The largest absolute Gasteiger partial charge is 0.465 e. The van der Waals surface area contributed by atoms with Gasteiger partial charge in [-0.3, -0.25) is 4.79 Å². The second kappa shape index (κ2) is 6.61. The van der Waals surface area contributed by atoms with Crippen molar-refractivity contribution in [2.45, 2.75) is 44.6 Å². The molecule has 1 amide bonds. The lowest BCUT2D eigenvalue weighted by atomic mass is 9.88. The Hall–Kier alpha value is -3.03. The lowest BCUT2D eigenvalue weighted by molar-refractivity contribution is 0.0859. The summed E-state index contributed by atoms with van der Waals surface area (Å²) in [6, 6.07) is 5.76. The van der Waals surface area contributed by atoms with Crippen LogP contribution in [0.2, 0.25) is 0 Å². The van der Waals surface area contributed by atoms with Crippen molar-refractivity contribution in [2.24, 2.45) is 0 Å². The minimum absolute atomic E-state index is 0.127. The fourth-order valence-electron chi connectivity index (χ4n) is 4.18. The predicted molar refractivity (Wildman–Crippen MR) is 101 cm³/mol. The van der Waals surface area contributed by atoms with E-state index >= 15 is 0 Å². The maximum atomic E-state index is 13.3. The van der Waals surface area contributed by atoms with Crippen molar-refractivity contribution < 1.29 is 14.7 Å². The number of fused-ring (bicyclic) bond motifs is 2. The Bertz CT molecular complexity index is 920. The lowest BCUT2D eigenvalue weighted by Gasteiger charge is -2.27. The van der Waals surface area contributed by atoms with E-state index in [0.29, 0.717) is 31.5 Å².